The van der Waals surface area contributed by atoms with Crippen LogP contribution in [-0.4, -0.2) is 10.8 Å². The van der Waals surface area contributed by atoms with Gasteiger partial charge in [0.25, 0.3) is 0 Å². The fourth-order valence-corrected chi connectivity index (χ4v) is 3.16. The molecule has 2 nitrogen and oxygen atoms in total. The van der Waals surface area contributed by atoms with Gasteiger partial charge in [0.1, 0.15) is 0 Å². The van der Waals surface area contributed by atoms with Crippen LogP contribution in [0.3, 0.4) is 0 Å². The predicted octanol–water partition coefficient (Wildman–Crippen LogP) is 4.37. The van der Waals surface area contributed by atoms with Gasteiger partial charge >= 0.3 is 0 Å². The van der Waals surface area contributed by atoms with Crippen LogP contribution in [0.5, 0.6) is 0 Å². The zero-order valence-electron chi connectivity index (χ0n) is 12.9. The predicted molar refractivity (Wildman–Crippen MR) is 93.3 cm³/mol. The summed E-state index contributed by atoms with van der Waals surface area (Å²) in [4.78, 5) is 4.75. The second-order valence-corrected chi connectivity index (χ2v) is 5.92. The molecule has 1 atom stereocenters. The highest BCUT2D eigenvalue weighted by molar-refractivity contribution is 6.13. The van der Waals surface area contributed by atoms with Crippen LogP contribution in [0.4, 0.5) is 5.69 Å². The van der Waals surface area contributed by atoms with Crippen molar-refractivity contribution in [2.75, 3.05) is 0 Å². The lowest BCUT2D eigenvalue weighted by Gasteiger charge is -2.27. The van der Waals surface area contributed by atoms with Crippen LogP contribution in [0.15, 0.2) is 83.9 Å². The number of hydrogen-bond donors (Lipinski definition) is 1. The second kappa shape index (κ2) is 5.18. The summed E-state index contributed by atoms with van der Waals surface area (Å²) in [6.07, 6.45) is 0. The number of aryl methyl sites for hydroxylation is 1. The molecule has 1 aliphatic heterocycles. The minimum Gasteiger partial charge on any atom is -0.374 e. The molecule has 0 fully saturated rings. The van der Waals surface area contributed by atoms with E-state index in [4.69, 9.17) is 4.99 Å². The molecule has 3 aromatic carbocycles. The largest absolute Gasteiger partial charge is 0.374 e. The minimum absolute atomic E-state index is 0.685. The second-order valence-electron chi connectivity index (χ2n) is 5.92. The van der Waals surface area contributed by atoms with Gasteiger partial charge in [-0.1, -0.05) is 78.4 Å². The zero-order chi connectivity index (χ0) is 15.9. The van der Waals surface area contributed by atoms with Crippen LogP contribution in [0, 0.1) is 6.92 Å². The normalized spacial score (nSPS) is 19.3. The van der Waals surface area contributed by atoms with Gasteiger partial charge in [-0.2, -0.15) is 0 Å². The monoisotopic (exact) mass is 299 g/mol. The van der Waals surface area contributed by atoms with Crippen molar-refractivity contribution >= 4 is 11.4 Å². The molecule has 4 rings (SSSR count). The van der Waals surface area contributed by atoms with Gasteiger partial charge in [-0.15, -0.1) is 0 Å². The third-order valence-corrected chi connectivity index (χ3v) is 4.39. The zero-order valence-corrected chi connectivity index (χ0v) is 12.9. The molecule has 0 bridgehead atoms. The number of para-hydroxylation sites is 1. The average Bonchev–Trinajstić information content (AvgIpc) is 2.91. The lowest BCUT2D eigenvalue weighted by Crippen LogP contribution is -2.34. The van der Waals surface area contributed by atoms with Gasteiger partial charge in [0.2, 0.25) is 0 Å². The van der Waals surface area contributed by atoms with E-state index in [2.05, 4.69) is 6.92 Å². The Morgan fingerprint density at radius 3 is 2.17 bits per heavy atom. The van der Waals surface area contributed by atoms with Crippen molar-refractivity contribution in [1.82, 2.24) is 0 Å². The van der Waals surface area contributed by atoms with E-state index in [1.807, 2.05) is 78.9 Å². The Bertz CT molecular complexity index is 881. The molecule has 0 aromatic heterocycles. The summed E-state index contributed by atoms with van der Waals surface area (Å²) in [5.74, 6) is 0. The molecular weight excluding hydrogens is 282 g/mol. The molecular formula is C21H17NO. The minimum atomic E-state index is -1.22. The number of nitrogens with zero attached hydrogens (tertiary/aromatic N) is 1. The summed E-state index contributed by atoms with van der Waals surface area (Å²) in [5.41, 5.74) is 4.10. The van der Waals surface area contributed by atoms with Crippen LogP contribution < -0.4 is 0 Å². The Hall–Kier alpha value is -2.71. The fraction of sp³-hybridized carbons (Fsp3) is 0.0952. The number of aliphatic imine (C=N–C) groups is 1. The van der Waals surface area contributed by atoms with E-state index in [0.29, 0.717) is 5.71 Å². The Morgan fingerprint density at radius 2 is 1.43 bits per heavy atom. The van der Waals surface area contributed by atoms with Crippen molar-refractivity contribution in [2.24, 2.45) is 4.99 Å². The van der Waals surface area contributed by atoms with Gasteiger partial charge in [-0.25, -0.2) is 4.99 Å². The van der Waals surface area contributed by atoms with Crippen molar-refractivity contribution in [1.29, 1.82) is 0 Å². The van der Waals surface area contributed by atoms with Crippen molar-refractivity contribution in [3.8, 4) is 0 Å². The molecule has 112 valence electrons. The lowest BCUT2D eigenvalue weighted by atomic mass is 9.81. The molecule has 0 saturated heterocycles. The molecule has 0 saturated carbocycles. The highest BCUT2D eigenvalue weighted by Crippen LogP contribution is 2.44. The smallest absolute Gasteiger partial charge is 0.160 e. The maximum Gasteiger partial charge on any atom is 0.160 e. The van der Waals surface area contributed by atoms with Crippen molar-refractivity contribution in [3.63, 3.8) is 0 Å². The summed E-state index contributed by atoms with van der Waals surface area (Å²) in [6.45, 7) is 2.05. The van der Waals surface area contributed by atoms with Crippen molar-refractivity contribution in [3.05, 3.63) is 101 Å². The summed E-state index contributed by atoms with van der Waals surface area (Å²) in [6, 6.07) is 25.7. The topological polar surface area (TPSA) is 32.6 Å². The van der Waals surface area contributed by atoms with Gasteiger partial charge < -0.3 is 5.11 Å². The van der Waals surface area contributed by atoms with E-state index in [0.717, 1.165) is 22.4 Å². The van der Waals surface area contributed by atoms with Crippen LogP contribution in [0.2, 0.25) is 0 Å². The Kier molecular flexibility index (Phi) is 3.14. The van der Waals surface area contributed by atoms with Gasteiger partial charge in [-0.05, 0) is 24.1 Å². The Labute approximate surface area is 135 Å². The van der Waals surface area contributed by atoms with E-state index in [1.54, 1.807) is 0 Å². The summed E-state index contributed by atoms with van der Waals surface area (Å²) >= 11 is 0. The standard InChI is InChI=1S/C21H17NO/c1-15-11-13-16(14-12-15)20-21(23,17-7-3-2-4-8-17)18-9-5-6-10-19(18)22-20/h2-14,23H,1H3. The molecule has 2 heteroatoms. The molecule has 0 spiro atoms. The highest BCUT2D eigenvalue weighted by Gasteiger charge is 2.43. The molecule has 1 heterocycles. The molecule has 0 radical (unpaired) electrons. The molecule has 0 aliphatic carbocycles. The fourth-order valence-electron chi connectivity index (χ4n) is 3.16. The van der Waals surface area contributed by atoms with Crippen LogP contribution in [0.1, 0.15) is 22.3 Å². The van der Waals surface area contributed by atoms with Gasteiger partial charge in [0.15, 0.2) is 5.60 Å². The van der Waals surface area contributed by atoms with Crippen LogP contribution in [-0.2, 0) is 5.60 Å². The number of hydrogen-bond acceptors (Lipinski definition) is 2. The summed E-state index contributed by atoms with van der Waals surface area (Å²) in [7, 11) is 0. The van der Waals surface area contributed by atoms with Crippen molar-refractivity contribution < 1.29 is 5.11 Å². The summed E-state index contributed by atoms with van der Waals surface area (Å²) in [5, 5.41) is 11.7. The average molecular weight is 299 g/mol. The van der Waals surface area contributed by atoms with Crippen molar-refractivity contribution in [2.45, 2.75) is 12.5 Å². The van der Waals surface area contributed by atoms with E-state index in [1.165, 1.54) is 5.56 Å². The number of benzene rings is 3. The number of fused-ring (bicyclic) bond motifs is 1. The molecule has 23 heavy (non-hydrogen) atoms. The first kappa shape index (κ1) is 13.9. The third-order valence-electron chi connectivity index (χ3n) is 4.39. The third kappa shape index (κ3) is 2.11. The van der Waals surface area contributed by atoms with Gasteiger partial charge in [0.05, 0.1) is 11.4 Å². The van der Waals surface area contributed by atoms with Gasteiger partial charge in [-0.3, -0.25) is 0 Å². The van der Waals surface area contributed by atoms with Crippen LogP contribution >= 0.6 is 0 Å². The molecule has 1 aliphatic rings. The molecule has 0 amide bonds. The van der Waals surface area contributed by atoms with E-state index < -0.39 is 5.60 Å². The number of aliphatic hydroxyl groups is 1. The first-order valence-corrected chi connectivity index (χ1v) is 7.73. The Morgan fingerprint density at radius 1 is 0.783 bits per heavy atom. The molecule has 1 unspecified atom stereocenters. The SMILES string of the molecule is Cc1ccc(C2=Nc3ccccc3C2(O)c2ccccc2)cc1. The maximum absolute atomic E-state index is 11.7. The quantitative estimate of drug-likeness (QED) is 0.749. The molecule has 3 aromatic rings. The molecule has 1 N–H and O–H groups in total. The first-order valence-electron chi connectivity index (χ1n) is 7.73. The van der Waals surface area contributed by atoms with Gasteiger partial charge in [0, 0.05) is 5.56 Å². The maximum atomic E-state index is 11.7. The van der Waals surface area contributed by atoms with Crippen LogP contribution in [0.25, 0.3) is 0 Å². The summed E-state index contributed by atoms with van der Waals surface area (Å²) < 4.78 is 0. The van der Waals surface area contributed by atoms with E-state index in [9.17, 15) is 5.11 Å². The lowest BCUT2D eigenvalue weighted by molar-refractivity contribution is 0.160. The van der Waals surface area contributed by atoms with E-state index >= 15 is 0 Å². The highest BCUT2D eigenvalue weighted by atomic mass is 16.3. The Balaban J connectivity index is 1.96. The first-order chi connectivity index (χ1) is 11.2. The number of rotatable bonds is 2. The van der Waals surface area contributed by atoms with E-state index in [-0.39, 0.29) is 0 Å².